The average molecular weight is 471 g/mol. The van der Waals surface area contributed by atoms with Gasteiger partial charge in [0.05, 0.1) is 13.2 Å². The summed E-state index contributed by atoms with van der Waals surface area (Å²) in [6, 6.07) is 0. The third-order valence-corrected chi connectivity index (χ3v) is 9.53. The Morgan fingerprint density at radius 2 is 1.72 bits per heavy atom. The lowest BCUT2D eigenvalue weighted by atomic mass is 9.94. The smallest absolute Gasteiger partial charge is 0.172 e. The van der Waals surface area contributed by atoms with Gasteiger partial charge in [0.2, 0.25) is 0 Å². The van der Waals surface area contributed by atoms with E-state index in [0.717, 1.165) is 84.2 Å². The van der Waals surface area contributed by atoms with Crippen LogP contribution in [0.1, 0.15) is 44.7 Å². The zero-order valence-corrected chi connectivity index (χ0v) is 20.7. The van der Waals surface area contributed by atoms with Crippen LogP contribution < -0.4 is 9.80 Å². The van der Waals surface area contributed by atoms with Gasteiger partial charge in [-0.05, 0) is 36.0 Å². The quantitative estimate of drug-likeness (QED) is 0.550. The molecule has 3 aliphatic rings. The maximum Gasteiger partial charge on any atom is 0.172 e. The van der Waals surface area contributed by atoms with Gasteiger partial charge in [0.25, 0.3) is 0 Å². The lowest BCUT2D eigenvalue weighted by molar-refractivity contribution is 0.122. The normalized spacial score (nSPS) is 22.0. The highest BCUT2D eigenvalue weighted by Gasteiger charge is 2.33. The number of nitrogens with zero attached hydrogens (tertiary/aromatic N) is 6. The van der Waals surface area contributed by atoms with E-state index >= 15 is 0 Å². The molecule has 2 saturated heterocycles. The zero-order valence-electron chi connectivity index (χ0n) is 19.1. The van der Waals surface area contributed by atoms with E-state index in [0.29, 0.717) is 0 Å². The number of anilines is 2. The minimum absolute atomic E-state index is 0.199. The van der Waals surface area contributed by atoms with Crippen LogP contribution in [-0.2, 0) is 16.9 Å². The fourth-order valence-electron chi connectivity index (χ4n) is 5.17. The first kappa shape index (κ1) is 20.9. The van der Waals surface area contributed by atoms with E-state index in [2.05, 4.69) is 46.0 Å². The van der Waals surface area contributed by atoms with Gasteiger partial charge in [0.1, 0.15) is 20.9 Å². The SMILES string of the molecule is CC1CCN(c2nnnc3c2sc2nc(N4CCOCC4)c4c(c23)CC(C)(C)SC4)CC1. The summed E-state index contributed by atoms with van der Waals surface area (Å²) in [7, 11) is 0. The van der Waals surface area contributed by atoms with Gasteiger partial charge in [0.15, 0.2) is 5.82 Å². The molecule has 6 rings (SSSR count). The van der Waals surface area contributed by atoms with Gasteiger partial charge >= 0.3 is 0 Å². The molecule has 3 aromatic heterocycles. The van der Waals surface area contributed by atoms with Crippen molar-refractivity contribution in [1.29, 1.82) is 0 Å². The summed E-state index contributed by atoms with van der Waals surface area (Å²) in [6.07, 6.45) is 3.43. The van der Waals surface area contributed by atoms with Crippen LogP contribution in [0.25, 0.3) is 20.4 Å². The lowest BCUT2D eigenvalue weighted by Gasteiger charge is -2.35. The molecule has 6 heterocycles. The Bertz CT molecular complexity index is 1160. The predicted octanol–water partition coefficient (Wildman–Crippen LogP) is 4.28. The Kier molecular flexibility index (Phi) is 5.19. The number of hydrogen-bond acceptors (Lipinski definition) is 9. The van der Waals surface area contributed by atoms with Crippen LogP contribution in [0.5, 0.6) is 0 Å². The molecular weight excluding hydrogens is 440 g/mol. The minimum Gasteiger partial charge on any atom is -0.378 e. The molecule has 0 unspecified atom stereocenters. The Hall–Kier alpha value is -1.71. The highest BCUT2D eigenvalue weighted by molar-refractivity contribution is 7.99. The van der Waals surface area contributed by atoms with E-state index in [4.69, 9.17) is 9.72 Å². The van der Waals surface area contributed by atoms with Gasteiger partial charge in [-0.15, -0.1) is 21.5 Å². The van der Waals surface area contributed by atoms with Crippen molar-refractivity contribution in [2.24, 2.45) is 5.92 Å². The first-order valence-electron chi connectivity index (χ1n) is 11.7. The van der Waals surface area contributed by atoms with Gasteiger partial charge in [-0.2, -0.15) is 11.8 Å². The van der Waals surface area contributed by atoms with Gasteiger partial charge < -0.3 is 14.5 Å². The second kappa shape index (κ2) is 7.95. The molecule has 0 radical (unpaired) electrons. The van der Waals surface area contributed by atoms with Crippen LogP contribution in [0, 0.1) is 5.92 Å². The molecule has 7 nitrogen and oxygen atoms in total. The molecule has 3 aromatic rings. The topological polar surface area (TPSA) is 67.3 Å². The van der Waals surface area contributed by atoms with Gasteiger partial charge in [-0.25, -0.2) is 4.98 Å². The maximum atomic E-state index is 5.62. The molecule has 170 valence electrons. The second-order valence-electron chi connectivity index (χ2n) is 9.96. The van der Waals surface area contributed by atoms with Crippen molar-refractivity contribution < 1.29 is 4.74 Å². The molecule has 0 N–H and O–H groups in total. The second-order valence-corrected chi connectivity index (χ2v) is 12.6. The zero-order chi connectivity index (χ0) is 21.9. The van der Waals surface area contributed by atoms with Crippen LogP contribution in [0.4, 0.5) is 11.6 Å². The van der Waals surface area contributed by atoms with E-state index in [1.807, 2.05) is 11.8 Å². The number of hydrogen-bond donors (Lipinski definition) is 0. The summed E-state index contributed by atoms with van der Waals surface area (Å²) in [5, 5.41) is 14.5. The molecule has 3 aliphatic heterocycles. The molecule has 0 saturated carbocycles. The van der Waals surface area contributed by atoms with Crippen LogP contribution in [-0.4, -0.2) is 64.5 Å². The summed E-state index contributed by atoms with van der Waals surface area (Å²) in [4.78, 5) is 11.2. The number of thioether (sulfide) groups is 1. The fourth-order valence-corrected chi connectivity index (χ4v) is 7.40. The van der Waals surface area contributed by atoms with Crippen molar-refractivity contribution in [1.82, 2.24) is 20.4 Å². The summed E-state index contributed by atoms with van der Waals surface area (Å²) in [6.45, 7) is 12.5. The van der Waals surface area contributed by atoms with Crippen LogP contribution in [0.3, 0.4) is 0 Å². The number of pyridine rings is 1. The summed E-state index contributed by atoms with van der Waals surface area (Å²) < 4.78 is 6.97. The lowest BCUT2D eigenvalue weighted by Crippen LogP contribution is -2.38. The molecule has 0 atom stereocenters. The van der Waals surface area contributed by atoms with Gasteiger partial charge in [0, 0.05) is 47.6 Å². The van der Waals surface area contributed by atoms with Crippen molar-refractivity contribution in [3.63, 3.8) is 0 Å². The molecule has 0 bridgehead atoms. The molecule has 0 amide bonds. The highest BCUT2D eigenvalue weighted by atomic mass is 32.2. The monoisotopic (exact) mass is 470 g/mol. The average Bonchev–Trinajstić information content (AvgIpc) is 3.18. The number of rotatable bonds is 2. The van der Waals surface area contributed by atoms with E-state index in [-0.39, 0.29) is 4.75 Å². The number of ether oxygens (including phenoxy) is 1. The third-order valence-electron chi connectivity index (χ3n) is 7.10. The number of morpholine rings is 1. The van der Waals surface area contributed by atoms with Crippen molar-refractivity contribution in [3.05, 3.63) is 11.1 Å². The molecule has 9 heteroatoms. The van der Waals surface area contributed by atoms with Gasteiger partial charge in [-0.1, -0.05) is 20.8 Å². The van der Waals surface area contributed by atoms with Crippen LogP contribution in [0.2, 0.25) is 0 Å². The van der Waals surface area contributed by atoms with Gasteiger partial charge in [-0.3, -0.25) is 0 Å². The van der Waals surface area contributed by atoms with Crippen molar-refractivity contribution in [2.75, 3.05) is 49.2 Å². The van der Waals surface area contributed by atoms with E-state index in [1.54, 1.807) is 11.3 Å². The van der Waals surface area contributed by atoms with Crippen molar-refractivity contribution >= 4 is 55.2 Å². The molecule has 0 aliphatic carbocycles. The molecule has 2 fully saturated rings. The first-order valence-corrected chi connectivity index (χ1v) is 13.5. The molecule has 32 heavy (non-hydrogen) atoms. The number of aromatic nitrogens is 4. The molecular formula is C23H30N6OS2. The standard InChI is InChI=1S/C23H30N6OS2/c1-14-4-6-28(7-5-14)21-19-18(25-27-26-21)17-15-12-23(2,3)31-13-16(15)20(24-22(17)32-19)29-8-10-30-11-9-29/h14H,4-13H2,1-3H3. The Balaban J connectivity index is 1.55. The molecule has 0 spiro atoms. The molecule has 0 aromatic carbocycles. The van der Waals surface area contributed by atoms with E-state index < -0.39 is 0 Å². The van der Waals surface area contributed by atoms with Crippen LogP contribution in [0.15, 0.2) is 0 Å². The number of piperidine rings is 1. The number of thiophene rings is 1. The summed E-state index contributed by atoms with van der Waals surface area (Å²) >= 11 is 3.78. The Labute approximate surface area is 196 Å². The predicted molar refractivity (Wildman–Crippen MR) is 133 cm³/mol. The summed E-state index contributed by atoms with van der Waals surface area (Å²) in [5.41, 5.74) is 3.80. The van der Waals surface area contributed by atoms with Crippen molar-refractivity contribution in [3.8, 4) is 0 Å². The Morgan fingerprint density at radius 3 is 2.50 bits per heavy atom. The minimum atomic E-state index is 0.199. The third kappa shape index (κ3) is 3.53. The maximum absolute atomic E-state index is 5.62. The Morgan fingerprint density at radius 1 is 0.969 bits per heavy atom. The fraction of sp³-hybridized carbons (Fsp3) is 0.652. The highest BCUT2D eigenvalue weighted by Crippen LogP contribution is 2.48. The largest absolute Gasteiger partial charge is 0.378 e. The van der Waals surface area contributed by atoms with E-state index in [9.17, 15) is 0 Å². The first-order chi connectivity index (χ1) is 15.5. The van der Waals surface area contributed by atoms with Crippen LogP contribution >= 0.6 is 23.1 Å². The summed E-state index contributed by atoms with van der Waals surface area (Å²) in [5.74, 6) is 3.92. The van der Waals surface area contributed by atoms with Crippen molar-refractivity contribution in [2.45, 2.75) is 50.5 Å². The van der Waals surface area contributed by atoms with E-state index in [1.165, 1.54) is 29.4 Å². The number of fused-ring (bicyclic) bond motifs is 5.